The van der Waals surface area contributed by atoms with Crippen molar-refractivity contribution in [3.63, 3.8) is 0 Å². The number of hydrogen-bond acceptors (Lipinski definition) is 5. The number of para-hydroxylation sites is 1. The van der Waals surface area contributed by atoms with E-state index in [1.807, 2.05) is 26.8 Å². The molecule has 0 aliphatic carbocycles. The summed E-state index contributed by atoms with van der Waals surface area (Å²) < 4.78 is 26.4. The molecule has 21 heavy (non-hydrogen) atoms. The molecule has 114 valence electrons. The lowest BCUT2D eigenvalue weighted by atomic mass is 10.2. The predicted octanol–water partition coefficient (Wildman–Crippen LogP) is 2.84. The van der Waals surface area contributed by atoms with Crippen molar-refractivity contribution in [1.82, 2.24) is 9.71 Å². The average molecular weight is 325 g/mol. The monoisotopic (exact) mass is 325 g/mol. The molecule has 0 fully saturated rings. The number of aromatic nitrogens is 1. The number of thiazole rings is 1. The van der Waals surface area contributed by atoms with Crippen LogP contribution in [0, 0.1) is 13.8 Å². The van der Waals surface area contributed by atoms with Gasteiger partial charge in [-0.15, -0.1) is 11.3 Å². The number of rotatable bonds is 5. The van der Waals surface area contributed by atoms with Crippen LogP contribution in [0.25, 0.3) is 0 Å². The van der Waals surface area contributed by atoms with Crippen molar-refractivity contribution in [3.8, 4) is 0 Å². The Bertz CT molecular complexity index is 738. The maximum Gasteiger partial charge on any atom is 0.242 e. The van der Waals surface area contributed by atoms with E-state index in [0.717, 1.165) is 15.6 Å². The normalized spacial score (nSPS) is 13.1. The zero-order chi connectivity index (χ0) is 15.6. The molecular weight excluding hydrogens is 306 g/mol. The average Bonchev–Trinajstić information content (AvgIpc) is 2.78. The van der Waals surface area contributed by atoms with Crippen LogP contribution in [0.3, 0.4) is 0 Å². The summed E-state index contributed by atoms with van der Waals surface area (Å²) in [5.41, 5.74) is 1.53. The van der Waals surface area contributed by atoms with Gasteiger partial charge in [-0.3, -0.25) is 0 Å². The minimum absolute atomic E-state index is 0.0665. The predicted molar refractivity (Wildman–Crippen MR) is 86.3 cm³/mol. The Morgan fingerprint density at radius 1 is 1.24 bits per heavy atom. The second-order valence-electron chi connectivity index (χ2n) is 4.74. The van der Waals surface area contributed by atoms with Gasteiger partial charge in [0.25, 0.3) is 0 Å². The first kappa shape index (κ1) is 15.9. The highest BCUT2D eigenvalue weighted by atomic mass is 32.2. The molecular formula is C14H19N3O2S2. The zero-order valence-electron chi connectivity index (χ0n) is 12.5. The summed E-state index contributed by atoms with van der Waals surface area (Å²) in [6.07, 6.45) is 0. The van der Waals surface area contributed by atoms with Gasteiger partial charge in [-0.2, -0.15) is 0 Å². The number of sulfonamides is 1. The summed E-state index contributed by atoms with van der Waals surface area (Å²) in [6, 6.07) is 6.79. The number of benzene rings is 1. The molecule has 2 N–H and O–H groups in total. The van der Waals surface area contributed by atoms with E-state index in [2.05, 4.69) is 15.0 Å². The molecule has 1 aromatic carbocycles. The lowest BCUT2D eigenvalue weighted by Gasteiger charge is -2.17. The molecule has 1 atom stereocenters. The highest BCUT2D eigenvalue weighted by Crippen LogP contribution is 2.28. The van der Waals surface area contributed by atoms with Crippen molar-refractivity contribution in [2.24, 2.45) is 0 Å². The van der Waals surface area contributed by atoms with Crippen molar-refractivity contribution < 1.29 is 8.42 Å². The number of anilines is 1. The van der Waals surface area contributed by atoms with Crippen LogP contribution in [0.1, 0.15) is 28.5 Å². The van der Waals surface area contributed by atoms with Gasteiger partial charge in [-0.1, -0.05) is 12.1 Å². The van der Waals surface area contributed by atoms with E-state index >= 15 is 0 Å². The van der Waals surface area contributed by atoms with Gasteiger partial charge in [0.05, 0.1) is 22.4 Å². The molecule has 0 bridgehead atoms. The standard InChI is InChI=1S/C14H19N3O2S2/c1-9(14-10(2)20-11(3)17-14)16-12-7-5-6-8-13(12)21(18,19)15-4/h5-9,15-16H,1-4H3. The molecule has 0 radical (unpaired) electrons. The summed E-state index contributed by atoms with van der Waals surface area (Å²) >= 11 is 1.64. The van der Waals surface area contributed by atoms with Crippen LogP contribution in [0.2, 0.25) is 0 Å². The SMILES string of the molecule is CNS(=O)(=O)c1ccccc1NC(C)c1nc(C)sc1C. The van der Waals surface area contributed by atoms with Crippen molar-refractivity contribution in [2.75, 3.05) is 12.4 Å². The molecule has 1 heterocycles. The van der Waals surface area contributed by atoms with Crippen molar-refractivity contribution >= 4 is 27.0 Å². The summed E-state index contributed by atoms with van der Waals surface area (Å²) in [5, 5.41) is 4.25. The number of hydrogen-bond donors (Lipinski definition) is 2. The molecule has 0 aliphatic heterocycles. The molecule has 1 unspecified atom stereocenters. The van der Waals surface area contributed by atoms with Crippen LogP contribution in [-0.2, 0) is 10.0 Å². The van der Waals surface area contributed by atoms with Gasteiger partial charge < -0.3 is 5.32 Å². The molecule has 0 amide bonds. The first-order valence-corrected chi connectivity index (χ1v) is 8.88. The second kappa shape index (κ2) is 6.13. The molecule has 5 nitrogen and oxygen atoms in total. The van der Waals surface area contributed by atoms with Crippen molar-refractivity contribution in [2.45, 2.75) is 31.7 Å². The van der Waals surface area contributed by atoms with Gasteiger partial charge in [-0.05, 0) is 40.0 Å². The largest absolute Gasteiger partial charge is 0.376 e. The first-order chi connectivity index (χ1) is 9.85. The molecule has 2 aromatic rings. The fourth-order valence-electron chi connectivity index (χ4n) is 2.18. The minimum Gasteiger partial charge on any atom is -0.376 e. The van der Waals surface area contributed by atoms with Gasteiger partial charge in [0.1, 0.15) is 4.90 Å². The number of nitrogens with one attached hydrogen (secondary N) is 2. The lowest BCUT2D eigenvalue weighted by Crippen LogP contribution is -2.21. The van der Waals surface area contributed by atoms with E-state index in [1.54, 1.807) is 29.5 Å². The van der Waals surface area contributed by atoms with Crippen LogP contribution >= 0.6 is 11.3 Å². The quantitative estimate of drug-likeness (QED) is 0.887. The Hall–Kier alpha value is -1.44. The van der Waals surface area contributed by atoms with Gasteiger partial charge in [-0.25, -0.2) is 18.1 Å². The van der Waals surface area contributed by atoms with Crippen LogP contribution < -0.4 is 10.0 Å². The topological polar surface area (TPSA) is 71.1 Å². The molecule has 2 rings (SSSR count). The molecule has 0 saturated heterocycles. The highest BCUT2D eigenvalue weighted by molar-refractivity contribution is 7.89. The van der Waals surface area contributed by atoms with E-state index in [4.69, 9.17) is 0 Å². The third-order valence-electron chi connectivity index (χ3n) is 3.17. The smallest absolute Gasteiger partial charge is 0.242 e. The minimum atomic E-state index is -3.49. The second-order valence-corrected chi connectivity index (χ2v) is 8.01. The molecule has 0 aliphatic rings. The summed E-state index contributed by atoms with van der Waals surface area (Å²) in [7, 11) is -2.09. The zero-order valence-corrected chi connectivity index (χ0v) is 14.1. The third kappa shape index (κ3) is 3.42. The van der Waals surface area contributed by atoms with E-state index in [1.165, 1.54) is 7.05 Å². The molecule has 0 spiro atoms. The third-order valence-corrected chi connectivity index (χ3v) is 5.54. The number of nitrogens with zero attached hydrogens (tertiary/aromatic N) is 1. The maximum atomic E-state index is 12.0. The lowest BCUT2D eigenvalue weighted by molar-refractivity contribution is 0.588. The van der Waals surface area contributed by atoms with Gasteiger partial charge >= 0.3 is 0 Å². The van der Waals surface area contributed by atoms with E-state index in [-0.39, 0.29) is 10.9 Å². The van der Waals surface area contributed by atoms with Crippen LogP contribution in [0.5, 0.6) is 0 Å². The van der Waals surface area contributed by atoms with Crippen LogP contribution in [0.15, 0.2) is 29.2 Å². The van der Waals surface area contributed by atoms with Crippen molar-refractivity contribution in [3.05, 3.63) is 39.8 Å². The van der Waals surface area contributed by atoms with Crippen LogP contribution in [0.4, 0.5) is 5.69 Å². The summed E-state index contributed by atoms with van der Waals surface area (Å²) in [5.74, 6) is 0. The van der Waals surface area contributed by atoms with E-state index < -0.39 is 10.0 Å². The molecule has 7 heteroatoms. The summed E-state index contributed by atoms with van der Waals surface area (Å²) in [4.78, 5) is 5.89. The Labute approximate surface area is 129 Å². The van der Waals surface area contributed by atoms with E-state index in [0.29, 0.717) is 5.69 Å². The molecule has 0 saturated carbocycles. The van der Waals surface area contributed by atoms with Crippen molar-refractivity contribution in [1.29, 1.82) is 0 Å². The van der Waals surface area contributed by atoms with Gasteiger partial charge in [0.15, 0.2) is 0 Å². The Morgan fingerprint density at radius 3 is 2.48 bits per heavy atom. The fraction of sp³-hybridized carbons (Fsp3) is 0.357. The highest BCUT2D eigenvalue weighted by Gasteiger charge is 2.19. The maximum absolute atomic E-state index is 12.0. The Morgan fingerprint density at radius 2 is 1.90 bits per heavy atom. The summed E-state index contributed by atoms with van der Waals surface area (Å²) in [6.45, 7) is 5.96. The fourth-order valence-corrected chi connectivity index (χ4v) is 3.99. The van der Waals surface area contributed by atoms with Gasteiger partial charge in [0, 0.05) is 4.88 Å². The first-order valence-electron chi connectivity index (χ1n) is 6.58. The number of aryl methyl sites for hydroxylation is 2. The molecule has 1 aromatic heterocycles. The van der Waals surface area contributed by atoms with Crippen LogP contribution in [-0.4, -0.2) is 20.4 Å². The van der Waals surface area contributed by atoms with E-state index in [9.17, 15) is 8.42 Å². The Kier molecular flexibility index (Phi) is 4.65. The van der Waals surface area contributed by atoms with Gasteiger partial charge in [0.2, 0.25) is 10.0 Å². The Balaban J connectivity index is 2.34.